The number of fused-ring (bicyclic) bond motifs is 1. The third kappa shape index (κ3) is 4.23. The number of anilines is 2. The minimum Gasteiger partial charge on any atom is -0.364 e. The summed E-state index contributed by atoms with van der Waals surface area (Å²) >= 11 is 0. The van der Waals surface area contributed by atoms with Crippen molar-refractivity contribution in [1.82, 2.24) is 5.32 Å². The van der Waals surface area contributed by atoms with Crippen LogP contribution in [0.4, 0.5) is 16.2 Å². The molecule has 0 aromatic heterocycles. The molecule has 0 spiro atoms. The Hall–Kier alpha value is -1.83. The number of nitrogens with two attached hydrogens (primary N) is 1. The number of benzene rings is 1. The van der Waals surface area contributed by atoms with Gasteiger partial charge in [-0.25, -0.2) is 4.79 Å². The number of halogens is 1. The molecular weight excluding hydrogens is 344 g/mol. The second-order valence-corrected chi connectivity index (χ2v) is 6.13. The Kier molecular flexibility index (Phi) is 6.64. The van der Waals surface area contributed by atoms with Gasteiger partial charge in [-0.1, -0.05) is 6.07 Å². The first-order valence-electron chi connectivity index (χ1n) is 8.47. The normalized spacial score (nSPS) is 21.4. The molecule has 0 unspecified atom stereocenters. The van der Waals surface area contributed by atoms with Gasteiger partial charge in [0.1, 0.15) is 6.10 Å². The van der Waals surface area contributed by atoms with Gasteiger partial charge in [-0.3, -0.25) is 9.69 Å². The van der Waals surface area contributed by atoms with Gasteiger partial charge in [0.25, 0.3) is 5.91 Å². The van der Waals surface area contributed by atoms with Gasteiger partial charge in [-0.05, 0) is 43.9 Å². The van der Waals surface area contributed by atoms with Crippen molar-refractivity contribution in [3.63, 3.8) is 0 Å². The molecule has 4 N–H and O–H groups in total. The summed E-state index contributed by atoms with van der Waals surface area (Å²) in [6, 6.07) is 5.57. The van der Waals surface area contributed by atoms with Crippen molar-refractivity contribution in [3.05, 3.63) is 23.8 Å². The Labute approximate surface area is 153 Å². The fourth-order valence-corrected chi connectivity index (χ4v) is 3.21. The number of carbonyl (C=O) groups is 2. The maximum absolute atomic E-state index is 12.3. The molecule has 1 aromatic rings. The first-order chi connectivity index (χ1) is 11.6. The van der Waals surface area contributed by atoms with Crippen LogP contribution in [0.5, 0.6) is 0 Å². The van der Waals surface area contributed by atoms with Crippen molar-refractivity contribution >= 4 is 35.7 Å². The third-order valence-electron chi connectivity index (χ3n) is 4.48. The number of nitrogens with zero attached hydrogens (tertiary/aromatic N) is 1. The zero-order chi connectivity index (χ0) is 17.1. The van der Waals surface area contributed by atoms with E-state index in [-0.39, 0.29) is 30.4 Å². The minimum atomic E-state index is -0.453. The van der Waals surface area contributed by atoms with E-state index in [1.54, 1.807) is 4.90 Å². The first kappa shape index (κ1) is 19.5. The van der Waals surface area contributed by atoms with E-state index in [1.165, 1.54) is 0 Å². The number of hydrogen-bond acceptors (Lipinski definition) is 4. The van der Waals surface area contributed by atoms with Crippen LogP contribution in [0, 0.1) is 0 Å². The highest BCUT2D eigenvalue weighted by Gasteiger charge is 2.30. The van der Waals surface area contributed by atoms with E-state index in [1.807, 2.05) is 25.1 Å². The summed E-state index contributed by atoms with van der Waals surface area (Å²) in [7, 11) is 0. The summed E-state index contributed by atoms with van der Waals surface area (Å²) in [4.78, 5) is 26.2. The fraction of sp³-hybridized carbons (Fsp3) is 0.529. The predicted molar refractivity (Wildman–Crippen MR) is 99.4 cm³/mol. The van der Waals surface area contributed by atoms with E-state index in [2.05, 4.69) is 10.6 Å². The van der Waals surface area contributed by atoms with Gasteiger partial charge in [-0.15, -0.1) is 12.4 Å². The number of rotatable bonds is 4. The Bertz CT molecular complexity index is 640. The maximum atomic E-state index is 12.3. The molecule has 2 heterocycles. The lowest BCUT2D eigenvalue weighted by atomic mass is 10.1. The number of nitrogens with one attached hydrogen (secondary N) is 2. The van der Waals surface area contributed by atoms with Crippen LogP contribution in [-0.4, -0.2) is 43.8 Å². The van der Waals surface area contributed by atoms with Gasteiger partial charge < -0.3 is 21.1 Å². The zero-order valence-corrected chi connectivity index (χ0v) is 15.1. The number of amides is 3. The molecule has 1 saturated heterocycles. The smallest absolute Gasteiger partial charge is 0.321 e. The molecule has 0 aliphatic carbocycles. The molecule has 7 nitrogen and oxygen atoms in total. The van der Waals surface area contributed by atoms with E-state index in [0.29, 0.717) is 31.7 Å². The molecule has 3 rings (SSSR count). The van der Waals surface area contributed by atoms with Gasteiger partial charge in [0.15, 0.2) is 0 Å². The lowest BCUT2D eigenvalue weighted by Gasteiger charge is -2.19. The van der Waals surface area contributed by atoms with Gasteiger partial charge in [0, 0.05) is 25.3 Å². The number of ether oxygens (including phenoxy) is 1. The molecule has 2 atom stereocenters. The molecule has 0 bridgehead atoms. The molecule has 2 aliphatic rings. The Morgan fingerprint density at radius 2 is 2.16 bits per heavy atom. The molecule has 8 heteroatoms. The van der Waals surface area contributed by atoms with Crippen molar-refractivity contribution in [2.24, 2.45) is 5.73 Å². The average molecular weight is 369 g/mol. The lowest BCUT2D eigenvalue weighted by molar-refractivity contribution is -0.126. The van der Waals surface area contributed by atoms with E-state index < -0.39 is 6.10 Å². The SMILES string of the molecule is CCNC(=O)N1CCc2ccc(NC(=O)[C@@H]3CC[C@H](CN)O3)cc21.Cl. The van der Waals surface area contributed by atoms with Crippen LogP contribution in [0.3, 0.4) is 0 Å². The molecule has 1 aromatic carbocycles. The molecule has 2 aliphatic heterocycles. The van der Waals surface area contributed by atoms with Crippen LogP contribution in [0.2, 0.25) is 0 Å². The van der Waals surface area contributed by atoms with Crippen molar-refractivity contribution in [2.45, 2.75) is 38.4 Å². The van der Waals surface area contributed by atoms with Crippen LogP contribution >= 0.6 is 12.4 Å². The van der Waals surface area contributed by atoms with E-state index >= 15 is 0 Å². The molecule has 138 valence electrons. The van der Waals surface area contributed by atoms with Gasteiger partial charge in [0.2, 0.25) is 0 Å². The first-order valence-corrected chi connectivity index (χ1v) is 8.47. The molecule has 0 radical (unpaired) electrons. The Morgan fingerprint density at radius 1 is 1.36 bits per heavy atom. The highest BCUT2D eigenvalue weighted by atomic mass is 35.5. The van der Waals surface area contributed by atoms with Crippen molar-refractivity contribution in [3.8, 4) is 0 Å². The quantitative estimate of drug-likeness (QED) is 0.752. The van der Waals surface area contributed by atoms with Crippen molar-refractivity contribution in [2.75, 3.05) is 29.9 Å². The van der Waals surface area contributed by atoms with Crippen LogP contribution in [-0.2, 0) is 16.0 Å². The summed E-state index contributed by atoms with van der Waals surface area (Å²) in [6.45, 7) is 3.57. The van der Waals surface area contributed by atoms with E-state index in [0.717, 1.165) is 24.1 Å². The molecule has 3 amide bonds. The minimum absolute atomic E-state index is 0. The van der Waals surface area contributed by atoms with Crippen LogP contribution in [0.1, 0.15) is 25.3 Å². The highest BCUT2D eigenvalue weighted by molar-refractivity contribution is 5.98. The average Bonchev–Trinajstić information content (AvgIpc) is 3.21. The Balaban J connectivity index is 0.00000225. The summed E-state index contributed by atoms with van der Waals surface area (Å²) in [5.74, 6) is -0.159. The van der Waals surface area contributed by atoms with E-state index in [4.69, 9.17) is 10.5 Å². The standard InChI is InChI=1S/C17H24N4O3.ClH/c1-2-19-17(23)21-8-7-11-3-4-12(9-14(11)21)20-16(22)15-6-5-13(10-18)24-15;/h3-4,9,13,15H,2,5-8,10,18H2,1H3,(H,19,23)(H,20,22);1H/t13-,15+;/m1./s1. The number of urea groups is 1. The predicted octanol–water partition coefficient (Wildman–Crippen LogP) is 1.65. The second kappa shape index (κ2) is 8.51. The summed E-state index contributed by atoms with van der Waals surface area (Å²) in [6.07, 6.45) is 1.83. The lowest BCUT2D eigenvalue weighted by Crippen LogP contribution is -2.38. The topological polar surface area (TPSA) is 96.7 Å². The van der Waals surface area contributed by atoms with Gasteiger partial charge in [-0.2, -0.15) is 0 Å². The number of carbonyl (C=O) groups excluding carboxylic acids is 2. The highest BCUT2D eigenvalue weighted by Crippen LogP contribution is 2.31. The molecule has 0 saturated carbocycles. The maximum Gasteiger partial charge on any atom is 0.321 e. The molecule has 25 heavy (non-hydrogen) atoms. The van der Waals surface area contributed by atoms with Crippen LogP contribution in [0.25, 0.3) is 0 Å². The van der Waals surface area contributed by atoms with E-state index in [9.17, 15) is 9.59 Å². The van der Waals surface area contributed by atoms with Gasteiger partial charge >= 0.3 is 6.03 Å². The van der Waals surface area contributed by atoms with Crippen LogP contribution < -0.4 is 21.3 Å². The molecule has 1 fully saturated rings. The zero-order valence-electron chi connectivity index (χ0n) is 14.3. The Morgan fingerprint density at radius 3 is 2.84 bits per heavy atom. The van der Waals surface area contributed by atoms with Crippen LogP contribution in [0.15, 0.2) is 18.2 Å². The van der Waals surface area contributed by atoms with Crippen molar-refractivity contribution in [1.29, 1.82) is 0 Å². The van der Waals surface area contributed by atoms with Crippen molar-refractivity contribution < 1.29 is 14.3 Å². The van der Waals surface area contributed by atoms with Gasteiger partial charge in [0.05, 0.1) is 11.8 Å². The third-order valence-corrected chi connectivity index (χ3v) is 4.48. The largest absolute Gasteiger partial charge is 0.364 e. The number of hydrogen-bond donors (Lipinski definition) is 3. The summed E-state index contributed by atoms with van der Waals surface area (Å²) < 4.78 is 5.62. The molecular formula is C17H25ClN4O3. The second-order valence-electron chi connectivity index (χ2n) is 6.13. The monoisotopic (exact) mass is 368 g/mol. The fourth-order valence-electron chi connectivity index (χ4n) is 3.21. The summed E-state index contributed by atoms with van der Waals surface area (Å²) in [5.41, 5.74) is 8.22. The summed E-state index contributed by atoms with van der Waals surface area (Å²) in [5, 5.41) is 5.70.